The predicted octanol–water partition coefficient (Wildman–Crippen LogP) is 4.89. The molecule has 34 heavy (non-hydrogen) atoms. The fraction of sp³-hybridized carbons (Fsp3) is 0.179. The van der Waals surface area contributed by atoms with Gasteiger partial charge in [0.25, 0.3) is 5.91 Å². The van der Waals surface area contributed by atoms with E-state index in [2.05, 4.69) is 48.6 Å². The van der Waals surface area contributed by atoms with Crippen LogP contribution in [0.4, 0.5) is 5.82 Å². The van der Waals surface area contributed by atoms with Crippen molar-refractivity contribution in [1.29, 1.82) is 0 Å². The number of aryl methyl sites for hydroxylation is 2. The first-order chi connectivity index (χ1) is 16.6. The summed E-state index contributed by atoms with van der Waals surface area (Å²) < 4.78 is 1.89. The first-order valence-electron chi connectivity index (χ1n) is 11.5. The Morgan fingerprint density at radius 2 is 1.56 bits per heavy atom. The number of para-hydroxylation sites is 2. The molecule has 1 amide bonds. The minimum absolute atomic E-state index is 0.220. The third-order valence-corrected chi connectivity index (χ3v) is 6.05. The minimum Gasteiger partial charge on any atom is -0.384 e. The Labute approximate surface area is 198 Å². The number of amides is 1. The number of fused-ring (bicyclic) bond motifs is 2. The fourth-order valence-corrected chi connectivity index (χ4v) is 4.20. The van der Waals surface area contributed by atoms with Gasteiger partial charge < -0.3 is 15.6 Å². The van der Waals surface area contributed by atoms with Crippen LogP contribution in [0.15, 0.2) is 78.9 Å². The molecule has 5 aromatic rings. The summed E-state index contributed by atoms with van der Waals surface area (Å²) in [5.41, 5.74) is 13.1. The SMILES string of the molecule is Cc1ccc(Cn2c(N)c(C(=O)NCCCc3ccccc3)c3nc4ccccc4nc32)cc1. The van der Waals surface area contributed by atoms with Crippen LogP contribution in [0.3, 0.4) is 0 Å². The highest BCUT2D eigenvalue weighted by Crippen LogP contribution is 2.28. The number of hydrogen-bond acceptors (Lipinski definition) is 4. The van der Waals surface area contributed by atoms with E-state index in [4.69, 9.17) is 15.7 Å². The van der Waals surface area contributed by atoms with Gasteiger partial charge in [-0.1, -0.05) is 72.3 Å². The largest absolute Gasteiger partial charge is 0.384 e. The van der Waals surface area contributed by atoms with Crippen molar-refractivity contribution in [1.82, 2.24) is 19.9 Å². The van der Waals surface area contributed by atoms with Gasteiger partial charge in [-0.05, 0) is 43.0 Å². The number of nitrogens with one attached hydrogen (secondary N) is 1. The molecule has 0 aliphatic heterocycles. The summed E-state index contributed by atoms with van der Waals surface area (Å²) in [5, 5.41) is 3.03. The van der Waals surface area contributed by atoms with Gasteiger partial charge in [-0.25, -0.2) is 9.97 Å². The average molecular weight is 450 g/mol. The zero-order valence-corrected chi connectivity index (χ0v) is 19.2. The monoisotopic (exact) mass is 449 g/mol. The number of aromatic nitrogens is 3. The van der Waals surface area contributed by atoms with Crippen molar-refractivity contribution in [3.05, 3.63) is 101 Å². The summed E-state index contributed by atoms with van der Waals surface area (Å²) in [6.07, 6.45) is 1.74. The number of rotatable bonds is 7. The molecule has 3 aromatic carbocycles. The molecule has 2 aromatic heterocycles. The molecule has 2 heterocycles. The van der Waals surface area contributed by atoms with E-state index in [1.807, 2.05) is 47.0 Å². The van der Waals surface area contributed by atoms with Gasteiger partial charge >= 0.3 is 0 Å². The number of carbonyl (C=O) groups excluding carboxylic acids is 1. The zero-order chi connectivity index (χ0) is 23.5. The summed E-state index contributed by atoms with van der Waals surface area (Å²) in [5.74, 6) is 0.161. The highest BCUT2D eigenvalue weighted by atomic mass is 16.1. The number of nitrogen functional groups attached to an aromatic ring is 1. The third kappa shape index (κ3) is 4.35. The summed E-state index contributed by atoms with van der Waals surface area (Å²) in [6.45, 7) is 3.12. The van der Waals surface area contributed by atoms with Gasteiger partial charge in [0.15, 0.2) is 5.65 Å². The Hall–Kier alpha value is -4.19. The molecule has 5 rings (SSSR count). The van der Waals surface area contributed by atoms with Crippen LogP contribution < -0.4 is 11.1 Å². The van der Waals surface area contributed by atoms with Crippen molar-refractivity contribution in [3.8, 4) is 0 Å². The van der Waals surface area contributed by atoms with E-state index < -0.39 is 0 Å². The van der Waals surface area contributed by atoms with Crippen LogP contribution in [-0.2, 0) is 13.0 Å². The molecule has 0 unspecified atom stereocenters. The van der Waals surface area contributed by atoms with E-state index in [0.717, 1.165) is 29.4 Å². The number of benzene rings is 3. The first-order valence-corrected chi connectivity index (χ1v) is 11.5. The number of nitrogens with zero attached hydrogens (tertiary/aromatic N) is 3. The van der Waals surface area contributed by atoms with E-state index in [9.17, 15) is 4.79 Å². The predicted molar refractivity (Wildman–Crippen MR) is 137 cm³/mol. The molecule has 0 bridgehead atoms. The van der Waals surface area contributed by atoms with E-state index in [0.29, 0.717) is 35.6 Å². The molecular weight excluding hydrogens is 422 g/mol. The van der Waals surface area contributed by atoms with Crippen molar-refractivity contribution >= 4 is 33.9 Å². The van der Waals surface area contributed by atoms with Gasteiger partial charge in [0.2, 0.25) is 0 Å². The maximum Gasteiger partial charge on any atom is 0.257 e. The van der Waals surface area contributed by atoms with Gasteiger partial charge in [-0.15, -0.1) is 0 Å². The Bertz CT molecular complexity index is 1460. The van der Waals surface area contributed by atoms with Crippen LogP contribution in [0.1, 0.15) is 33.5 Å². The Balaban J connectivity index is 1.47. The Morgan fingerprint density at radius 1 is 0.882 bits per heavy atom. The van der Waals surface area contributed by atoms with Crippen molar-refractivity contribution in [2.24, 2.45) is 0 Å². The molecule has 0 radical (unpaired) electrons. The molecule has 3 N–H and O–H groups in total. The first kappa shape index (κ1) is 21.6. The zero-order valence-electron chi connectivity index (χ0n) is 19.2. The lowest BCUT2D eigenvalue weighted by atomic mass is 10.1. The number of anilines is 1. The third-order valence-electron chi connectivity index (χ3n) is 6.05. The van der Waals surface area contributed by atoms with Crippen LogP contribution in [-0.4, -0.2) is 27.0 Å². The molecule has 0 spiro atoms. The Kier molecular flexibility index (Phi) is 5.95. The second kappa shape index (κ2) is 9.35. The second-order valence-corrected chi connectivity index (χ2v) is 8.56. The van der Waals surface area contributed by atoms with Crippen LogP contribution >= 0.6 is 0 Å². The highest BCUT2D eigenvalue weighted by molar-refractivity contribution is 6.10. The number of nitrogens with two attached hydrogens (primary N) is 1. The van der Waals surface area contributed by atoms with Crippen LogP contribution in [0, 0.1) is 6.92 Å². The summed E-state index contributed by atoms with van der Waals surface area (Å²) in [4.78, 5) is 22.9. The minimum atomic E-state index is -0.220. The normalized spacial score (nSPS) is 11.2. The molecule has 0 saturated heterocycles. The quantitative estimate of drug-likeness (QED) is 0.347. The maximum absolute atomic E-state index is 13.3. The summed E-state index contributed by atoms with van der Waals surface area (Å²) in [6, 6.07) is 26.2. The van der Waals surface area contributed by atoms with Crippen molar-refractivity contribution in [2.75, 3.05) is 12.3 Å². The summed E-state index contributed by atoms with van der Waals surface area (Å²) >= 11 is 0. The van der Waals surface area contributed by atoms with E-state index >= 15 is 0 Å². The highest BCUT2D eigenvalue weighted by Gasteiger charge is 2.24. The molecule has 0 aliphatic rings. The molecule has 0 fully saturated rings. The summed E-state index contributed by atoms with van der Waals surface area (Å²) in [7, 11) is 0. The van der Waals surface area contributed by atoms with Gasteiger partial charge in [0, 0.05) is 6.54 Å². The second-order valence-electron chi connectivity index (χ2n) is 8.56. The smallest absolute Gasteiger partial charge is 0.257 e. The topological polar surface area (TPSA) is 85.8 Å². The number of carbonyl (C=O) groups is 1. The van der Waals surface area contributed by atoms with Gasteiger partial charge in [-0.2, -0.15) is 0 Å². The van der Waals surface area contributed by atoms with Crippen molar-refractivity contribution < 1.29 is 4.79 Å². The van der Waals surface area contributed by atoms with E-state index in [1.165, 1.54) is 11.1 Å². The van der Waals surface area contributed by atoms with Gasteiger partial charge in [0.05, 0.1) is 17.6 Å². The van der Waals surface area contributed by atoms with E-state index in [1.54, 1.807) is 0 Å². The maximum atomic E-state index is 13.3. The molecular formula is C28H27N5O. The Morgan fingerprint density at radius 3 is 2.29 bits per heavy atom. The van der Waals surface area contributed by atoms with E-state index in [-0.39, 0.29) is 5.91 Å². The fourth-order valence-electron chi connectivity index (χ4n) is 4.20. The van der Waals surface area contributed by atoms with Crippen LogP contribution in [0.25, 0.3) is 22.2 Å². The van der Waals surface area contributed by atoms with Crippen LogP contribution in [0.2, 0.25) is 0 Å². The van der Waals surface area contributed by atoms with Gasteiger partial charge in [-0.3, -0.25) is 4.79 Å². The van der Waals surface area contributed by atoms with Gasteiger partial charge in [0.1, 0.15) is 16.9 Å². The van der Waals surface area contributed by atoms with Crippen molar-refractivity contribution in [2.45, 2.75) is 26.3 Å². The molecule has 170 valence electrons. The lowest BCUT2D eigenvalue weighted by Crippen LogP contribution is -2.25. The number of hydrogen-bond donors (Lipinski definition) is 2. The lowest BCUT2D eigenvalue weighted by Gasteiger charge is -2.09. The molecule has 0 aliphatic carbocycles. The molecule has 6 nitrogen and oxygen atoms in total. The lowest BCUT2D eigenvalue weighted by molar-refractivity contribution is 0.0955. The van der Waals surface area contributed by atoms with Crippen LogP contribution in [0.5, 0.6) is 0 Å². The average Bonchev–Trinajstić information content (AvgIpc) is 3.12. The molecule has 0 atom stereocenters. The van der Waals surface area contributed by atoms with Crippen molar-refractivity contribution in [3.63, 3.8) is 0 Å². The molecule has 0 saturated carbocycles. The molecule has 6 heteroatoms. The standard InChI is InChI=1S/C28H27N5O/c1-19-13-15-21(16-14-19)18-33-26(29)24(25-27(33)32-23-12-6-5-11-22(23)31-25)28(34)30-17-7-10-20-8-3-2-4-9-20/h2-6,8-9,11-16H,7,10,17-18,29H2,1H3,(H,30,34).